The van der Waals surface area contributed by atoms with Crippen LogP contribution in [0.3, 0.4) is 0 Å². The lowest BCUT2D eigenvalue weighted by Crippen LogP contribution is -2.30. The summed E-state index contributed by atoms with van der Waals surface area (Å²) in [6.45, 7) is 2.92. The van der Waals surface area contributed by atoms with Crippen LogP contribution in [0.5, 0.6) is 0 Å². The largest absolute Gasteiger partial charge is 0.320 e. The summed E-state index contributed by atoms with van der Waals surface area (Å²) >= 11 is 0. The van der Waals surface area contributed by atoms with Crippen LogP contribution in [0.25, 0.3) is 0 Å². The predicted molar refractivity (Wildman–Crippen MR) is 72.8 cm³/mol. The van der Waals surface area contributed by atoms with Crippen LogP contribution in [0, 0.1) is 6.92 Å². The Morgan fingerprint density at radius 1 is 1.39 bits per heavy atom. The zero-order valence-corrected chi connectivity index (χ0v) is 12.0. The third kappa shape index (κ3) is 4.72. The van der Waals surface area contributed by atoms with Gasteiger partial charge in [0.25, 0.3) is 0 Å². The fourth-order valence-corrected chi connectivity index (χ4v) is 2.75. The Hall–Kier alpha value is -0.980. The number of aromatic nitrogens is 1. The van der Waals surface area contributed by atoms with E-state index in [1.165, 1.54) is 4.31 Å². The summed E-state index contributed by atoms with van der Waals surface area (Å²) < 4.78 is 25.3. The summed E-state index contributed by atoms with van der Waals surface area (Å²) in [5.41, 5.74) is 1.67. The lowest BCUT2D eigenvalue weighted by atomic mass is 10.3. The standard InChI is InChI=1S/C12H21N3O2S/c1-11-6-4-7-12(14-11)10-15(3)18(16,17)9-5-8-13-2/h4,6-7,13H,5,8-10H2,1-3H3. The lowest BCUT2D eigenvalue weighted by Gasteiger charge is -2.16. The molecule has 0 aliphatic carbocycles. The smallest absolute Gasteiger partial charge is 0.214 e. The van der Waals surface area contributed by atoms with E-state index in [4.69, 9.17) is 0 Å². The van der Waals surface area contributed by atoms with Crippen molar-refractivity contribution in [1.82, 2.24) is 14.6 Å². The first kappa shape index (κ1) is 15.1. The molecular formula is C12H21N3O2S. The molecule has 0 radical (unpaired) electrons. The maximum atomic E-state index is 12.0. The summed E-state index contributed by atoms with van der Waals surface area (Å²) in [6, 6.07) is 5.62. The molecule has 1 heterocycles. The molecule has 6 heteroatoms. The number of rotatable bonds is 7. The number of hydrogen-bond acceptors (Lipinski definition) is 4. The van der Waals surface area contributed by atoms with E-state index in [2.05, 4.69) is 10.3 Å². The molecule has 0 fully saturated rings. The fourth-order valence-electron chi connectivity index (χ4n) is 1.60. The van der Waals surface area contributed by atoms with Gasteiger partial charge in [-0.15, -0.1) is 0 Å². The van der Waals surface area contributed by atoms with Crippen molar-refractivity contribution in [3.8, 4) is 0 Å². The average Bonchev–Trinajstić information content (AvgIpc) is 2.29. The highest BCUT2D eigenvalue weighted by atomic mass is 32.2. The van der Waals surface area contributed by atoms with Crippen molar-refractivity contribution in [2.45, 2.75) is 19.9 Å². The van der Waals surface area contributed by atoms with Gasteiger partial charge in [0.05, 0.1) is 18.0 Å². The maximum absolute atomic E-state index is 12.0. The Morgan fingerprint density at radius 3 is 2.72 bits per heavy atom. The number of sulfonamides is 1. The zero-order valence-electron chi connectivity index (χ0n) is 11.2. The van der Waals surface area contributed by atoms with Crippen molar-refractivity contribution in [3.63, 3.8) is 0 Å². The van der Waals surface area contributed by atoms with E-state index in [0.29, 0.717) is 19.5 Å². The molecule has 0 bridgehead atoms. The molecule has 0 saturated heterocycles. The van der Waals surface area contributed by atoms with Crippen molar-refractivity contribution in [2.75, 3.05) is 26.4 Å². The molecule has 0 unspecified atom stereocenters. The number of pyridine rings is 1. The zero-order chi connectivity index (χ0) is 13.6. The third-order valence-electron chi connectivity index (χ3n) is 2.63. The summed E-state index contributed by atoms with van der Waals surface area (Å²) in [6.07, 6.45) is 0.615. The maximum Gasteiger partial charge on any atom is 0.214 e. The number of aryl methyl sites for hydroxylation is 1. The molecular weight excluding hydrogens is 250 g/mol. The molecule has 0 amide bonds. The monoisotopic (exact) mass is 271 g/mol. The van der Waals surface area contributed by atoms with Crippen molar-refractivity contribution in [3.05, 3.63) is 29.6 Å². The van der Waals surface area contributed by atoms with E-state index in [0.717, 1.165) is 11.4 Å². The fraction of sp³-hybridized carbons (Fsp3) is 0.583. The normalized spacial score (nSPS) is 12.0. The van der Waals surface area contributed by atoms with E-state index in [1.54, 1.807) is 7.05 Å². The lowest BCUT2D eigenvalue weighted by molar-refractivity contribution is 0.460. The Morgan fingerprint density at radius 2 is 2.11 bits per heavy atom. The highest BCUT2D eigenvalue weighted by molar-refractivity contribution is 7.89. The number of nitrogens with zero attached hydrogens (tertiary/aromatic N) is 2. The second-order valence-corrected chi connectivity index (χ2v) is 6.49. The predicted octanol–water partition coefficient (Wildman–Crippen LogP) is 0.761. The average molecular weight is 271 g/mol. The van der Waals surface area contributed by atoms with Crippen molar-refractivity contribution in [2.24, 2.45) is 0 Å². The van der Waals surface area contributed by atoms with E-state index in [-0.39, 0.29) is 5.75 Å². The molecule has 18 heavy (non-hydrogen) atoms. The molecule has 102 valence electrons. The quantitative estimate of drug-likeness (QED) is 0.744. The first-order valence-electron chi connectivity index (χ1n) is 5.97. The van der Waals surface area contributed by atoms with Crippen molar-refractivity contribution < 1.29 is 8.42 Å². The van der Waals surface area contributed by atoms with Crippen LogP contribution in [-0.4, -0.2) is 44.1 Å². The topological polar surface area (TPSA) is 62.3 Å². The SMILES string of the molecule is CNCCCS(=O)(=O)N(C)Cc1cccc(C)n1. The van der Waals surface area contributed by atoms with Crippen LogP contribution in [0.2, 0.25) is 0 Å². The Kier molecular flexibility index (Phi) is 5.71. The van der Waals surface area contributed by atoms with E-state index >= 15 is 0 Å². The first-order chi connectivity index (χ1) is 8.45. The summed E-state index contributed by atoms with van der Waals surface area (Å²) in [5.74, 6) is 0.163. The Balaban J connectivity index is 2.61. The summed E-state index contributed by atoms with van der Waals surface area (Å²) in [4.78, 5) is 4.30. The molecule has 0 saturated carbocycles. The van der Waals surface area contributed by atoms with E-state index in [1.807, 2.05) is 32.2 Å². The van der Waals surface area contributed by atoms with E-state index in [9.17, 15) is 8.42 Å². The van der Waals surface area contributed by atoms with E-state index < -0.39 is 10.0 Å². The molecule has 5 nitrogen and oxygen atoms in total. The van der Waals surface area contributed by atoms with Gasteiger partial charge in [-0.05, 0) is 39.1 Å². The van der Waals surface area contributed by atoms with Gasteiger partial charge in [-0.25, -0.2) is 8.42 Å². The van der Waals surface area contributed by atoms with Gasteiger partial charge in [0.1, 0.15) is 0 Å². The van der Waals surface area contributed by atoms with Crippen LogP contribution in [0.1, 0.15) is 17.8 Å². The van der Waals surface area contributed by atoms with Gasteiger partial charge in [-0.3, -0.25) is 4.98 Å². The molecule has 0 aliphatic heterocycles. The molecule has 1 aromatic heterocycles. The number of hydrogen-bond donors (Lipinski definition) is 1. The number of nitrogens with one attached hydrogen (secondary N) is 1. The molecule has 0 aromatic carbocycles. The summed E-state index contributed by atoms with van der Waals surface area (Å²) in [5, 5.41) is 2.94. The molecule has 1 aromatic rings. The highest BCUT2D eigenvalue weighted by Crippen LogP contribution is 2.07. The molecule has 1 rings (SSSR count). The van der Waals surface area contributed by atoms with Gasteiger partial charge >= 0.3 is 0 Å². The van der Waals surface area contributed by atoms with Crippen LogP contribution in [0.4, 0.5) is 0 Å². The van der Waals surface area contributed by atoms with Gasteiger partial charge in [0.2, 0.25) is 10.0 Å². The Bertz CT molecular complexity index is 474. The minimum absolute atomic E-state index is 0.163. The van der Waals surface area contributed by atoms with Gasteiger partial charge in [-0.2, -0.15) is 4.31 Å². The minimum atomic E-state index is -3.19. The Labute approximate surface area is 109 Å². The van der Waals surface area contributed by atoms with Crippen LogP contribution < -0.4 is 5.32 Å². The second kappa shape index (κ2) is 6.82. The van der Waals surface area contributed by atoms with Gasteiger partial charge < -0.3 is 5.32 Å². The van der Waals surface area contributed by atoms with Gasteiger partial charge in [-0.1, -0.05) is 6.07 Å². The second-order valence-electron chi connectivity index (χ2n) is 4.30. The molecule has 0 spiro atoms. The highest BCUT2D eigenvalue weighted by Gasteiger charge is 2.17. The summed E-state index contributed by atoms with van der Waals surface area (Å²) in [7, 11) is 0.218. The van der Waals surface area contributed by atoms with Crippen molar-refractivity contribution >= 4 is 10.0 Å². The van der Waals surface area contributed by atoms with Gasteiger partial charge in [0, 0.05) is 12.7 Å². The van der Waals surface area contributed by atoms with Crippen LogP contribution in [0.15, 0.2) is 18.2 Å². The first-order valence-corrected chi connectivity index (χ1v) is 7.58. The molecule has 1 N–H and O–H groups in total. The van der Waals surface area contributed by atoms with Crippen LogP contribution >= 0.6 is 0 Å². The molecule has 0 aliphatic rings. The van der Waals surface area contributed by atoms with Crippen LogP contribution in [-0.2, 0) is 16.6 Å². The van der Waals surface area contributed by atoms with Crippen molar-refractivity contribution in [1.29, 1.82) is 0 Å². The molecule has 0 atom stereocenters. The minimum Gasteiger partial charge on any atom is -0.320 e. The third-order valence-corrected chi connectivity index (χ3v) is 4.52. The van der Waals surface area contributed by atoms with Gasteiger partial charge in [0.15, 0.2) is 0 Å².